The van der Waals surface area contributed by atoms with Crippen LogP contribution in [0.5, 0.6) is 0 Å². The van der Waals surface area contributed by atoms with E-state index >= 15 is 0 Å². The van der Waals surface area contributed by atoms with Crippen LogP contribution in [0.4, 0.5) is 0 Å². The predicted molar refractivity (Wildman–Crippen MR) is 66.7 cm³/mol. The third-order valence-corrected chi connectivity index (χ3v) is 2.68. The van der Waals surface area contributed by atoms with Gasteiger partial charge in [-0.25, -0.2) is 0 Å². The van der Waals surface area contributed by atoms with E-state index in [0.29, 0.717) is 18.1 Å². The summed E-state index contributed by atoms with van der Waals surface area (Å²) >= 11 is 6.01. The molecule has 0 aromatic carbocycles. The van der Waals surface area contributed by atoms with Gasteiger partial charge in [0.15, 0.2) is 0 Å². The summed E-state index contributed by atoms with van der Waals surface area (Å²) in [6.07, 6.45) is 3.60. The molecule has 1 rings (SSSR count). The summed E-state index contributed by atoms with van der Waals surface area (Å²) in [5.74, 6) is -0.210. The summed E-state index contributed by atoms with van der Waals surface area (Å²) in [6.45, 7) is 2.35. The topological polar surface area (TPSA) is 67.2 Å². The van der Waals surface area contributed by atoms with Gasteiger partial charge in [-0.3, -0.25) is 9.48 Å². The zero-order chi connectivity index (χ0) is 12.8. The zero-order valence-corrected chi connectivity index (χ0v) is 10.7. The first kappa shape index (κ1) is 13.7. The quantitative estimate of drug-likeness (QED) is 0.608. The highest BCUT2D eigenvalue weighted by Gasteiger charge is 2.08. The number of aryl methyl sites for hydroxylation is 2. The average Bonchev–Trinajstić information content (AvgIpc) is 2.51. The van der Waals surface area contributed by atoms with E-state index in [1.807, 2.05) is 6.92 Å². The maximum atomic E-state index is 11.4. The molecule has 5 nitrogen and oxygen atoms in total. The largest absolute Gasteiger partial charge is 0.396 e. The molecule has 1 aromatic heterocycles. The highest BCUT2D eigenvalue weighted by Crippen LogP contribution is 2.19. The van der Waals surface area contributed by atoms with Crippen LogP contribution in [0, 0.1) is 6.92 Å². The Morgan fingerprint density at radius 1 is 1.65 bits per heavy atom. The Balaban J connectivity index is 2.61. The molecule has 1 heterocycles. The maximum Gasteiger partial charge on any atom is 0.244 e. The van der Waals surface area contributed by atoms with Crippen molar-refractivity contribution in [3.05, 3.63) is 22.5 Å². The fourth-order valence-corrected chi connectivity index (χ4v) is 1.58. The molecule has 2 N–H and O–H groups in total. The normalized spacial score (nSPS) is 11.1. The van der Waals surface area contributed by atoms with Crippen LogP contribution in [0.1, 0.15) is 17.7 Å². The van der Waals surface area contributed by atoms with Gasteiger partial charge in [0.25, 0.3) is 0 Å². The number of hydrogen-bond acceptors (Lipinski definition) is 3. The monoisotopic (exact) mass is 257 g/mol. The summed E-state index contributed by atoms with van der Waals surface area (Å²) < 4.78 is 1.56. The lowest BCUT2D eigenvalue weighted by atomic mass is 10.2. The van der Waals surface area contributed by atoms with Gasteiger partial charge < -0.3 is 10.4 Å². The Labute approximate surface area is 105 Å². The summed E-state index contributed by atoms with van der Waals surface area (Å²) in [5, 5.41) is 15.8. The third kappa shape index (κ3) is 3.87. The van der Waals surface area contributed by atoms with E-state index in [1.165, 1.54) is 6.08 Å². The number of carbonyl (C=O) groups excluding carboxylic acids is 1. The van der Waals surface area contributed by atoms with Crippen LogP contribution in [0.3, 0.4) is 0 Å². The molecular weight excluding hydrogens is 242 g/mol. The molecular formula is C11H16ClN3O2. The second-order valence-electron chi connectivity index (χ2n) is 3.62. The third-order valence-electron chi connectivity index (χ3n) is 2.23. The van der Waals surface area contributed by atoms with Crippen molar-refractivity contribution in [2.45, 2.75) is 13.3 Å². The number of carbonyl (C=O) groups is 1. The number of rotatable bonds is 5. The molecule has 0 fully saturated rings. The van der Waals surface area contributed by atoms with Crippen molar-refractivity contribution in [2.24, 2.45) is 7.05 Å². The fourth-order valence-electron chi connectivity index (χ4n) is 1.34. The molecule has 0 spiro atoms. The summed E-state index contributed by atoms with van der Waals surface area (Å²) in [7, 11) is 1.74. The van der Waals surface area contributed by atoms with E-state index in [0.717, 1.165) is 11.3 Å². The number of nitrogens with zero attached hydrogens (tertiary/aromatic N) is 2. The van der Waals surface area contributed by atoms with Crippen molar-refractivity contribution >= 4 is 23.6 Å². The molecule has 1 amide bonds. The number of aliphatic hydroxyl groups is 1. The Kier molecular flexibility index (Phi) is 5.18. The van der Waals surface area contributed by atoms with E-state index in [2.05, 4.69) is 10.4 Å². The first-order valence-corrected chi connectivity index (χ1v) is 5.70. The first-order valence-electron chi connectivity index (χ1n) is 5.32. The van der Waals surface area contributed by atoms with Crippen LogP contribution < -0.4 is 5.32 Å². The van der Waals surface area contributed by atoms with Crippen molar-refractivity contribution in [1.29, 1.82) is 0 Å². The van der Waals surface area contributed by atoms with Crippen molar-refractivity contribution < 1.29 is 9.90 Å². The molecule has 0 aliphatic rings. The van der Waals surface area contributed by atoms with Gasteiger partial charge in [-0.2, -0.15) is 5.10 Å². The molecule has 0 aliphatic carbocycles. The summed E-state index contributed by atoms with van der Waals surface area (Å²) in [4.78, 5) is 11.4. The van der Waals surface area contributed by atoms with E-state index in [-0.39, 0.29) is 12.5 Å². The van der Waals surface area contributed by atoms with E-state index < -0.39 is 0 Å². The number of nitrogens with one attached hydrogen (secondary N) is 1. The van der Waals surface area contributed by atoms with Gasteiger partial charge in [0.05, 0.1) is 5.69 Å². The second-order valence-corrected chi connectivity index (χ2v) is 3.97. The molecule has 1 aromatic rings. The number of halogens is 1. The molecule has 94 valence electrons. The predicted octanol–water partition coefficient (Wildman–Crippen LogP) is 0.894. The summed E-state index contributed by atoms with van der Waals surface area (Å²) in [6, 6.07) is 0. The molecule has 0 aliphatic heterocycles. The average molecular weight is 258 g/mol. The lowest BCUT2D eigenvalue weighted by Gasteiger charge is -1.98. The standard InChI is InChI=1S/C11H16ClN3O2/c1-8-9(11(12)15(2)14-8)4-5-10(17)13-6-3-7-16/h4-5,16H,3,6-7H2,1-2H3,(H,13,17)/b5-4+. The van der Waals surface area contributed by atoms with Crippen LogP contribution in [-0.2, 0) is 11.8 Å². The number of hydrogen-bond donors (Lipinski definition) is 2. The maximum absolute atomic E-state index is 11.4. The van der Waals surface area contributed by atoms with Gasteiger partial charge in [-0.05, 0) is 19.4 Å². The lowest BCUT2D eigenvalue weighted by Crippen LogP contribution is -2.22. The van der Waals surface area contributed by atoms with Crippen molar-refractivity contribution in [3.63, 3.8) is 0 Å². The minimum absolute atomic E-state index is 0.0670. The zero-order valence-electron chi connectivity index (χ0n) is 9.90. The molecule has 0 atom stereocenters. The Hall–Kier alpha value is -1.33. The SMILES string of the molecule is Cc1nn(C)c(Cl)c1/C=C/C(=O)NCCCO. The first-order chi connectivity index (χ1) is 8.06. The lowest BCUT2D eigenvalue weighted by molar-refractivity contribution is -0.116. The van der Waals surface area contributed by atoms with Gasteiger partial charge >= 0.3 is 0 Å². The minimum atomic E-state index is -0.210. The highest BCUT2D eigenvalue weighted by atomic mass is 35.5. The van der Waals surface area contributed by atoms with Crippen LogP contribution >= 0.6 is 11.6 Å². The van der Waals surface area contributed by atoms with Gasteiger partial charge in [0, 0.05) is 31.8 Å². The van der Waals surface area contributed by atoms with Crippen molar-refractivity contribution in [3.8, 4) is 0 Å². The molecule has 0 saturated heterocycles. The van der Waals surface area contributed by atoms with Crippen LogP contribution in [-0.4, -0.2) is 33.9 Å². The minimum Gasteiger partial charge on any atom is -0.396 e. The van der Waals surface area contributed by atoms with Crippen molar-refractivity contribution in [1.82, 2.24) is 15.1 Å². The molecule has 0 unspecified atom stereocenters. The Bertz CT molecular complexity index is 427. The van der Waals surface area contributed by atoms with Gasteiger partial charge in [0.1, 0.15) is 5.15 Å². The molecule has 6 heteroatoms. The van der Waals surface area contributed by atoms with Crippen LogP contribution in [0.25, 0.3) is 6.08 Å². The Morgan fingerprint density at radius 2 is 2.35 bits per heavy atom. The van der Waals surface area contributed by atoms with E-state index in [4.69, 9.17) is 16.7 Å². The number of amides is 1. The molecule has 0 saturated carbocycles. The molecule has 0 bridgehead atoms. The summed E-state index contributed by atoms with van der Waals surface area (Å²) in [5.41, 5.74) is 1.52. The van der Waals surface area contributed by atoms with Crippen LogP contribution in [0.15, 0.2) is 6.08 Å². The molecule has 17 heavy (non-hydrogen) atoms. The van der Waals surface area contributed by atoms with Gasteiger partial charge in [-0.15, -0.1) is 0 Å². The van der Waals surface area contributed by atoms with E-state index in [9.17, 15) is 4.79 Å². The van der Waals surface area contributed by atoms with Crippen molar-refractivity contribution in [2.75, 3.05) is 13.2 Å². The Morgan fingerprint density at radius 3 is 2.88 bits per heavy atom. The van der Waals surface area contributed by atoms with Crippen LogP contribution in [0.2, 0.25) is 5.15 Å². The van der Waals surface area contributed by atoms with E-state index in [1.54, 1.807) is 17.8 Å². The van der Waals surface area contributed by atoms with Gasteiger partial charge in [0.2, 0.25) is 5.91 Å². The van der Waals surface area contributed by atoms with Gasteiger partial charge in [-0.1, -0.05) is 11.6 Å². The molecule has 0 radical (unpaired) electrons. The highest BCUT2D eigenvalue weighted by molar-refractivity contribution is 6.31. The number of aromatic nitrogens is 2. The smallest absolute Gasteiger partial charge is 0.244 e. The second kappa shape index (κ2) is 6.42. The number of aliphatic hydroxyl groups excluding tert-OH is 1. The fraction of sp³-hybridized carbons (Fsp3) is 0.455.